The molecule has 0 saturated carbocycles. The van der Waals surface area contributed by atoms with Crippen LogP contribution in [0.15, 0.2) is 76.1 Å². The summed E-state index contributed by atoms with van der Waals surface area (Å²) in [5.74, 6) is 0.181. The number of rotatable bonds is 3. The number of phenols is 1. The highest BCUT2D eigenvalue weighted by Gasteiger charge is 2.05. The van der Waals surface area contributed by atoms with Crippen molar-refractivity contribution in [3.63, 3.8) is 0 Å². The molecular formula is C16H11N3O2. The zero-order valence-electron chi connectivity index (χ0n) is 11.0. The summed E-state index contributed by atoms with van der Waals surface area (Å²) in [6, 6.07) is 17.2. The molecule has 0 spiro atoms. The van der Waals surface area contributed by atoms with Gasteiger partial charge in [0.15, 0.2) is 0 Å². The Morgan fingerprint density at radius 1 is 0.714 bits per heavy atom. The van der Waals surface area contributed by atoms with E-state index in [0.29, 0.717) is 17.1 Å². The molecule has 0 aliphatic rings. The van der Waals surface area contributed by atoms with Gasteiger partial charge < -0.3 is 5.11 Å². The van der Waals surface area contributed by atoms with Crippen LogP contribution in [0.1, 0.15) is 0 Å². The van der Waals surface area contributed by atoms with Gasteiger partial charge in [-0.25, -0.2) is 0 Å². The third kappa shape index (κ3) is 2.62. The topological polar surface area (TPSA) is 74.4 Å². The fourth-order valence-corrected chi connectivity index (χ4v) is 2.06. The second-order valence-corrected chi connectivity index (χ2v) is 4.46. The van der Waals surface area contributed by atoms with Crippen LogP contribution in [0.5, 0.6) is 5.75 Å². The molecule has 0 saturated heterocycles. The third-order valence-electron chi connectivity index (χ3n) is 3.10. The number of hydrogen-bond acceptors (Lipinski definition) is 5. The summed E-state index contributed by atoms with van der Waals surface area (Å²) in [6.45, 7) is 0. The standard InChI is InChI=1S/C16H11N3O2/c20-12-7-5-11(6-8-12)17-18-15-9-10-16(19-21)14-4-2-1-3-13(14)15/h1-10,20H/b18-17+. The average molecular weight is 277 g/mol. The molecule has 0 amide bonds. The maximum atomic E-state index is 10.8. The van der Waals surface area contributed by atoms with Crippen LogP contribution in [0.25, 0.3) is 10.8 Å². The van der Waals surface area contributed by atoms with Crippen molar-refractivity contribution >= 4 is 27.8 Å². The van der Waals surface area contributed by atoms with E-state index in [1.54, 1.807) is 36.4 Å². The highest BCUT2D eigenvalue weighted by Crippen LogP contribution is 2.34. The van der Waals surface area contributed by atoms with E-state index in [1.807, 2.05) is 24.3 Å². The first-order valence-electron chi connectivity index (χ1n) is 6.34. The number of nitrogens with zero attached hydrogens (tertiary/aromatic N) is 3. The summed E-state index contributed by atoms with van der Waals surface area (Å²) in [4.78, 5) is 10.8. The van der Waals surface area contributed by atoms with Gasteiger partial charge in [-0.15, -0.1) is 10.0 Å². The molecule has 21 heavy (non-hydrogen) atoms. The second kappa shape index (κ2) is 5.50. The molecule has 5 nitrogen and oxygen atoms in total. The van der Waals surface area contributed by atoms with Gasteiger partial charge in [0.2, 0.25) is 0 Å². The average Bonchev–Trinajstić information content (AvgIpc) is 2.54. The van der Waals surface area contributed by atoms with E-state index in [-0.39, 0.29) is 5.75 Å². The Bertz CT molecular complexity index is 827. The Labute approximate surface area is 120 Å². The van der Waals surface area contributed by atoms with Crippen molar-refractivity contribution in [1.82, 2.24) is 0 Å². The molecule has 0 heterocycles. The van der Waals surface area contributed by atoms with E-state index in [4.69, 9.17) is 0 Å². The van der Waals surface area contributed by atoms with Gasteiger partial charge in [0, 0.05) is 10.8 Å². The second-order valence-electron chi connectivity index (χ2n) is 4.46. The summed E-state index contributed by atoms with van der Waals surface area (Å²) in [6.07, 6.45) is 0. The Hall–Kier alpha value is -3.08. The van der Waals surface area contributed by atoms with Crippen LogP contribution < -0.4 is 0 Å². The molecule has 1 N–H and O–H groups in total. The zero-order valence-corrected chi connectivity index (χ0v) is 11.0. The Morgan fingerprint density at radius 2 is 1.33 bits per heavy atom. The summed E-state index contributed by atoms with van der Waals surface area (Å²) >= 11 is 0. The predicted octanol–water partition coefficient (Wildman–Crippen LogP) is 5.36. The van der Waals surface area contributed by atoms with Gasteiger partial charge >= 0.3 is 0 Å². The van der Waals surface area contributed by atoms with Crippen LogP contribution in [0, 0.1) is 4.91 Å². The molecule has 0 atom stereocenters. The predicted molar refractivity (Wildman–Crippen MR) is 81.7 cm³/mol. The van der Waals surface area contributed by atoms with Crippen molar-refractivity contribution in [3.05, 3.63) is 65.6 Å². The Balaban J connectivity index is 2.05. The molecule has 102 valence electrons. The molecule has 3 aromatic carbocycles. The lowest BCUT2D eigenvalue weighted by Crippen LogP contribution is -1.74. The minimum atomic E-state index is 0.181. The largest absolute Gasteiger partial charge is 0.508 e. The number of nitroso groups, excluding NO2 is 1. The number of hydrogen-bond donors (Lipinski definition) is 1. The number of phenolic OH excluding ortho intramolecular Hbond substituents is 1. The van der Waals surface area contributed by atoms with Crippen LogP contribution in [-0.2, 0) is 0 Å². The molecule has 3 aromatic rings. The number of benzene rings is 3. The van der Waals surface area contributed by atoms with Crippen molar-refractivity contribution in [2.75, 3.05) is 0 Å². The van der Waals surface area contributed by atoms with E-state index in [0.717, 1.165) is 10.8 Å². The molecule has 0 aromatic heterocycles. The highest BCUT2D eigenvalue weighted by molar-refractivity contribution is 5.99. The summed E-state index contributed by atoms with van der Waals surface area (Å²) in [7, 11) is 0. The molecule has 0 fully saturated rings. The van der Waals surface area contributed by atoms with Gasteiger partial charge in [-0.3, -0.25) is 0 Å². The van der Waals surface area contributed by atoms with Gasteiger partial charge in [0.1, 0.15) is 11.4 Å². The van der Waals surface area contributed by atoms with Crippen LogP contribution in [-0.4, -0.2) is 5.11 Å². The number of azo groups is 1. The van der Waals surface area contributed by atoms with E-state index >= 15 is 0 Å². The summed E-state index contributed by atoms with van der Waals surface area (Å²) in [5.41, 5.74) is 1.68. The number of aromatic hydroxyl groups is 1. The first-order valence-corrected chi connectivity index (χ1v) is 6.34. The smallest absolute Gasteiger partial charge is 0.115 e. The maximum absolute atomic E-state index is 10.8. The van der Waals surface area contributed by atoms with Crippen LogP contribution in [0.2, 0.25) is 0 Å². The fraction of sp³-hybridized carbons (Fsp3) is 0. The lowest BCUT2D eigenvalue weighted by atomic mass is 10.1. The van der Waals surface area contributed by atoms with E-state index in [9.17, 15) is 10.0 Å². The molecule has 0 unspecified atom stereocenters. The van der Waals surface area contributed by atoms with E-state index in [2.05, 4.69) is 15.4 Å². The minimum absolute atomic E-state index is 0.181. The van der Waals surface area contributed by atoms with Crippen molar-refractivity contribution < 1.29 is 5.11 Å². The lowest BCUT2D eigenvalue weighted by molar-refractivity contribution is 0.475. The molecule has 0 bridgehead atoms. The first-order chi connectivity index (χ1) is 10.3. The van der Waals surface area contributed by atoms with Crippen LogP contribution >= 0.6 is 0 Å². The van der Waals surface area contributed by atoms with Gasteiger partial charge in [-0.1, -0.05) is 24.3 Å². The van der Waals surface area contributed by atoms with Crippen molar-refractivity contribution in [2.45, 2.75) is 0 Å². The van der Waals surface area contributed by atoms with Gasteiger partial charge in [-0.2, -0.15) is 5.11 Å². The van der Waals surface area contributed by atoms with E-state index in [1.165, 1.54) is 0 Å². The van der Waals surface area contributed by atoms with Crippen molar-refractivity contribution in [3.8, 4) is 5.75 Å². The first kappa shape index (κ1) is 12.9. The highest BCUT2D eigenvalue weighted by atomic mass is 16.3. The minimum Gasteiger partial charge on any atom is -0.508 e. The molecule has 0 aliphatic carbocycles. The zero-order chi connectivity index (χ0) is 14.7. The monoisotopic (exact) mass is 277 g/mol. The van der Waals surface area contributed by atoms with Crippen molar-refractivity contribution in [1.29, 1.82) is 0 Å². The fourth-order valence-electron chi connectivity index (χ4n) is 2.06. The molecule has 5 heteroatoms. The Morgan fingerprint density at radius 3 is 2.00 bits per heavy atom. The van der Waals surface area contributed by atoms with Gasteiger partial charge in [0.25, 0.3) is 0 Å². The Kier molecular flexibility index (Phi) is 3.39. The normalized spacial score (nSPS) is 11.0. The quantitative estimate of drug-likeness (QED) is 0.517. The molecular weight excluding hydrogens is 266 g/mol. The molecule has 0 radical (unpaired) electrons. The van der Waals surface area contributed by atoms with Crippen molar-refractivity contribution in [2.24, 2.45) is 15.4 Å². The van der Waals surface area contributed by atoms with E-state index < -0.39 is 0 Å². The molecule has 0 aliphatic heterocycles. The number of fused-ring (bicyclic) bond motifs is 1. The maximum Gasteiger partial charge on any atom is 0.115 e. The summed E-state index contributed by atoms with van der Waals surface area (Å²) < 4.78 is 0. The van der Waals surface area contributed by atoms with Gasteiger partial charge in [0.05, 0.1) is 11.4 Å². The van der Waals surface area contributed by atoms with Crippen LogP contribution in [0.4, 0.5) is 17.1 Å². The lowest BCUT2D eigenvalue weighted by Gasteiger charge is -2.02. The van der Waals surface area contributed by atoms with Gasteiger partial charge in [-0.05, 0) is 41.6 Å². The SMILES string of the molecule is O=Nc1ccc(/N=N/c2ccc(O)cc2)c2ccccc12. The van der Waals surface area contributed by atoms with Crippen LogP contribution in [0.3, 0.4) is 0 Å². The third-order valence-corrected chi connectivity index (χ3v) is 3.10. The summed E-state index contributed by atoms with van der Waals surface area (Å²) in [5, 5.41) is 22.1. The molecule has 3 rings (SSSR count).